The van der Waals surface area contributed by atoms with Crippen LogP contribution in [0.15, 0.2) is 65.8 Å². The molecule has 0 radical (unpaired) electrons. The minimum absolute atomic E-state index is 0.180. The van der Waals surface area contributed by atoms with Gasteiger partial charge in [0.2, 0.25) is 5.91 Å². The van der Waals surface area contributed by atoms with Crippen LogP contribution in [-0.2, 0) is 24.3 Å². The van der Waals surface area contributed by atoms with Crippen LogP contribution in [0.2, 0.25) is 0 Å². The van der Waals surface area contributed by atoms with Crippen LogP contribution in [0.25, 0.3) is 0 Å². The summed E-state index contributed by atoms with van der Waals surface area (Å²) in [4.78, 5) is 17.2. The number of carbonyl (C=O) groups is 1. The van der Waals surface area contributed by atoms with E-state index in [0.717, 1.165) is 56.7 Å². The van der Waals surface area contributed by atoms with Gasteiger partial charge in [-0.2, -0.15) is 0 Å². The molecule has 0 N–H and O–H groups in total. The zero-order valence-corrected chi connectivity index (χ0v) is 18.8. The molecule has 0 spiro atoms. The van der Waals surface area contributed by atoms with E-state index in [1.807, 2.05) is 29.2 Å². The van der Waals surface area contributed by atoms with Gasteiger partial charge in [0, 0.05) is 45.7 Å². The summed E-state index contributed by atoms with van der Waals surface area (Å²) in [6, 6.07) is 20.8. The first-order valence-electron chi connectivity index (χ1n) is 10.9. The SMILES string of the molecule is CCn1c(Cc2ccccc2)nnc1SCC(=O)N1CCN(Cc2ccccc2)CC1. The molecule has 4 rings (SSSR count). The topological polar surface area (TPSA) is 54.3 Å². The molecule has 1 aromatic heterocycles. The fourth-order valence-electron chi connectivity index (χ4n) is 3.87. The number of hydrogen-bond donors (Lipinski definition) is 0. The Hall–Kier alpha value is -2.64. The zero-order chi connectivity index (χ0) is 21.5. The molecule has 0 saturated carbocycles. The molecule has 6 nitrogen and oxygen atoms in total. The van der Waals surface area contributed by atoms with Crippen LogP contribution >= 0.6 is 11.8 Å². The van der Waals surface area contributed by atoms with E-state index in [-0.39, 0.29) is 5.91 Å². The molecule has 1 amide bonds. The van der Waals surface area contributed by atoms with Crippen LogP contribution in [-0.4, -0.2) is 62.4 Å². The van der Waals surface area contributed by atoms with Gasteiger partial charge in [-0.05, 0) is 18.1 Å². The van der Waals surface area contributed by atoms with Crippen LogP contribution in [0.3, 0.4) is 0 Å². The van der Waals surface area contributed by atoms with Crippen molar-refractivity contribution < 1.29 is 4.79 Å². The highest BCUT2D eigenvalue weighted by atomic mass is 32.2. The van der Waals surface area contributed by atoms with Crippen molar-refractivity contribution in [2.24, 2.45) is 0 Å². The standard InChI is InChI=1S/C24H29N5OS/c1-2-29-22(17-20-9-5-3-6-10-20)25-26-24(29)31-19-23(30)28-15-13-27(14-16-28)18-21-11-7-4-8-12-21/h3-12H,2,13-19H2,1H3. The summed E-state index contributed by atoms with van der Waals surface area (Å²) in [5, 5.41) is 9.56. The quantitative estimate of drug-likeness (QED) is 0.508. The van der Waals surface area contributed by atoms with Crippen molar-refractivity contribution in [2.75, 3.05) is 31.9 Å². The molecule has 0 bridgehead atoms. The predicted octanol–water partition coefficient (Wildman–Crippen LogP) is 3.33. The lowest BCUT2D eigenvalue weighted by Gasteiger charge is -2.34. The molecule has 0 atom stereocenters. The van der Waals surface area contributed by atoms with Gasteiger partial charge in [0.15, 0.2) is 5.16 Å². The monoisotopic (exact) mass is 435 g/mol. The number of rotatable bonds is 8. The van der Waals surface area contributed by atoms with Crippen LogP contribution < -0.4 is 0 Å². The van der Waals surface area contributed by atoms with Crippen molar-refractivity contribution in [3.8, 4) is 0 Å². The average Bonchev–Trinajstić information content (AvgIpc) is 3.20. The molecular formula is C24H29N5OS. The number of carbonyl (C=O) groups excluding carboxylic acids is 1. The van der Waals surface area contributed by atoms with E-state index < -0.39 is 0 Å². The van der Waals surface area contributed by atoms with E-state index in [1.54, 1.807) is 0 Å². The van der Waals surface area contributed by atoms with Crippen LogP contribution in [0.1, 0.15) is 23.9 Å². The van der Waals surface area contributed by atoms with Gasteiger partial charge >= 0.3 is 0 Å². The van der Waals surface area contributed by atoms with E-state index in [1.165, 1.54) is 22.9 Å². The minimum atomic E-state index is 0.180. The molecule has 3 aromatic rings. The molecule has 0 aliphatic carbocycles. The first-order valence-corrected chi connectivity index (χ1v) is 11.8. The van der Waals surface area contributed by atoms with Gasteiger partial charge in [0.25, 0.3) is 0 Å². The van der Waals surface area contributed by atoms with E-state index in [9.17, 15) is 4.79 Å². The third-order valence-electron chi connectivity index (χ3n) is 5.61. The first-order chi connectivity index (χ1) is 15.2. The number of nitrogens with zero attached hydrogens (tertiary/aromatic N) is 5. The Balaban J connectivity index is 1.27. The van der Waals surface area contributed by atoms with Crippen LogP contribution in [0.5, 0.6) is 0 Å². The van der Waals surface area contributed by atoms with Gasteiger partial charge in [0.05, 0.1) is 5.75 Å². The fraction of sp³-hybridized carbons (Fsp3) is 0.375. The average molecular weight is 436 g/mol. The lowest BCUT2D eigenvalue weighted by molar-refractivity contribution is -0.130. The minimum Gasteiger partial charge on any atom is -0.339 e. The molecule has 0 unspecified atom stereocenters. The molecule has 1 fully saturated rings. The van der Waals surface area contributed by atoms with Gasteiger partial charge in [-0.15, -0.1) is 10.2 Å². The van der Waals surface area contributed by atoms with E-state index in [0.29, 0.717) is 5.75 Å². The normalized spacial score (nSPS) is 14.7. The molecule has 1 aliphatic heterocycles. The van der Waals surface area contributed by atoms with Crippen molar-refractivity contribution in [3.63, 3.8) is 0 Å². The molecule has 1 saturated heterocycles. The second-order valence-corrected chi connectivity index (χ2v) is 8.68. The van der Waals surface area contributed by atoms with E-state index >= 15 is 0 Å². The maximum absolute atomic E-state index is 12.8. The molecule has 31 heavy (non-hydrogen) atoms. The Kier molecular flexibility index (Phi) is 7.38. The number of amides is 1. The number of thioether (sulfide) groups is 1. The molecule has 1 aliphatic rings. The van der Waals surface area contributed by atoms with Gasteiger partial charge < -0.3 is 9.47 Å². The Morgan fingerprint density at radius 1 is 0.903 bits per heavy atom. The Labute approximate surface area is 188 Å². The van der Waals surface area contributed by atoms with Gasteiger partial charge in [-0.25, -0.2) is 0 Å². The Morgan fingerprint density at radius 2 is 1.55 bits per heavy atom. The van der Waals surface area contributed by atoms with Crippen LogP contribution in [0.4, 0.5) is 0 Å². The van der Waals surface area contributed by atoms with E-state index in [2.05, 4.69) is 63.0 Å². The highest BCUT2D eigenvalue weighted by Gasteiger charge is 2.22. The van der Waals surface area contributed by atoms with Gasteiger partial charge in [-0.3, -0.25) is 9.69 Å². The zero-order valence-electron chi connectivity index (χ0n) is 18.0. The Morgan fingerprint density at radius 3 is 2.19 bits per heavy atom. The predicted molar refractivity (Wildman–Crippen MR) is 124 cm³/mol. The number of hydrogen-bond acceptors (Lipinski definition) is 5. The van der Waals surface area contributed by atoms with E-state index in [4.69, 9.17) is 0 Å². The molecule has 7 heteroatoms. The summed E-state index contributed by atoms with van der Waals surface area (Å²) in [6.07, 6.45) is 0.750. The summed E-state index contributed by atoms with van der Waals surface area (Å²) < 4.78 is 2.11. The lowest BCUT2D eigenvalue weighted by Crippen LogP contribution is -2.48. The summed E-state index contributed by atoms with van der Waals surface area (Å²) in [5.41, 5.74) is 2.54. The van der Waals surface area contributed by atoms with Crippen molar-refractivity contribution in [1.29, 1.82) is 0 Å². The van der Waals surface area contributed by atoms with Crippen molar-refractivity contribution >= 4 is 17.7 Å². The van der Waals surface area contributed by atoms with Crippen molar-refractivity contribution in [1.82, 2.24) is 24.6 Å². The Bertz CT molecular complexity index is 968. The highest BCUT2D eigenvalue weighted by Crippen LogP contribution is 2.20. The first kappa shape index (κ1) is 21.6. The summed E-state index contributed by atoms with van der Waals surface area (Å²) in [6.45, 7) is 7.23. The largest absolute Gasteiger partial charge is 0.339 e. The third-order valence-corrected chi connectivity index (χ3v) is 6.57. The summed E-state index contributed by atoms with van der Waals surface area (Å²) in [7, 11) is 0. The summed E-state index contributed by atoms with van der Waals surface area (Å²) >= 11 is 1.49. The maximum Gasteiger partial charge on any atom is 0.233 e. The second-order valence-electron chi connectivity index (χ2n) is 7.74. The summed E-state index contributed by atoms with van der Waals surface area (Å²) in [5.74, 6) is 1.53. The smallest absolute Gasteiger partial charge is 0.233 e. The molecule has 162 valence electrons. The van der Waals surface area contributed by atoms with Crippen LogP contribution in [0, 0.1) is 0 Å². The number of piperazine rings is 1. The second kappa shape index (κ2) is 10.6. The highest BCUT2D eigenvalue weighted by molar-refractivity contribution is 7.99. The molecular weight excluding hydrogens is 406 g/mol. The van der Waals surface area contributed by atoms with Gasteiger partial charge in [-0.1, -0.05) is 72.4 Å². The number of benzene rings is 2. The van der Waals surface area contributed by atoms with Crippen molar-refractivity contribution in [2.45, 2.75) is 31.6 Å². The van der Waals surface area contributed by atoms with Gasteiger partial charge in [0.1, 0.15) is 5.82 Å². The van der Waals surface area contributed by atoms with Crippen molar-refractivity contribution in [3.05, 3.63) is 77.6 Å². The molecule has 2 aromatic carbocycles. The lowest BCUT2D eigenvalue weighted by atomic mass is 10.1. The number of aromatic nitrogens is 3. The third kappa shape index (κ3) is 5.74. The fourth-order valence-corrected chi connectivity index (χ4v) is 4.79. The maximum atomic E-state index is 12.8. The molecule has 2 heterocycles.